The lowest BCUT2D eigenvalue weighted by molar-refractivity contribution is 0.0176. The SMILES string of the molecule is CC(F)(F)c1ccc2c(=O)n3c(nc2c1)[C@H](Cc1cc(F)cc(F)c1)NCc1cc(Cl)c2c(NS(=O)(=O)C4CC4)nn(CC(F)F)c2c1-3. The lowest BCUT2D eigenvalue weighted by Gasteiger charge is -2.21. The second kappa shape index (κ2) is 11.5. The summed E-state index contributed by atoms with van der Waals surface area (Å²) in [6, 6.07) is 6.64. The molecular weight excluding hydrogens is 686 g/mol. The van der Waals surface area contributed by atoms with Crippen molar-refractivity contribution in [3.8, 4) is 5.69 Å². The number of halogens is 7. The Kier molecular flexibility index (Phi) is 7.75. The third-order valence-electron chi connectivity index (χ3n) is 8.37. The fraction of sp³-hybridized carbons (Fsp3) is 0.323. The topological polar surface area (TPSA) is 111 Å². The maximum absolute atomic E-state index is 14.4. The van der Waals surface area contributed by atoms with Gasteiger partial charge in [-0.15, -0.1) is 0 Å². The van der Waals surface area contributed by atoms with Gasteiger partial charge in [-0.1, -0.05) is 17.7 Å². The van der Waals surface area contributed by atoms with Gasteiger partial charge in [-0.2, -0.15) is 5.10 Å². The fourth-order valence-electron chi connectivity index (χ4n) is 6.07. The van der Waals surface area contributed by atoms with Gasteiger partial charge in [0.2, 0.25) is 10.0 Å². The molecule has 5 aromatic rings. The largest absolute Gasteiger partial charge is 0.303 e. The highest BCUT2D eigenvalue weighted by Gasteiger charge is 2.38. The summed E-state index contributed by atoms with van der Waals surface area (Å²) < 4.78 is 115. The first kappa shape index (κ1) is 32.4. The molecule has 0 radical (unpaired) electrons. The van der Waals surface area contributed by atoms with Crippen molar-refractivity contribution in [2.24, 2.45) is 0 Å². The average molecular weight is 711 g/mol. The first-order chi connectivity index (χ1) is 22.6. The van der Waals surface area contributed by atoms with E-state index in [9.17, 15) is 39.6 Å². The van der Waals surface area contributed by atoms with E-state index in [4.69, 9.17) is 11.6 Å². The molecule has 1 aliphatic heterocycles. The van der Waals surface area contributed by atoms with Gasteiger partial charge in [0.15, 0.2) is 5.82 Å². The molecule has 1 fully saturated rings. The van der Waals surface area contributed by atoms with Crippen LogP contribution in [0.25, 0.3) is 27.5 Å². The Morgan fingerprint density at radius 1 is 1.10 bits per heavy atom. The molecule has 1 aliphatic carbocycles. The number of aromatic nitrogens is 4. The Morgan fingerprint density at radius 2 is 1.81 bits per heavy atom. The lowest BCUT2D eigenvalue weighted by atomic mass is 10.0. The number of anilines is 1. The smallest absolute Gasteiger partial charge is 0.270 e. The van der Waals surface area contributed by atoms with Crippen molar-refractivity contribution < 1.29 is 34.8 Å². The molecule has 0 saturated heterocycles. The van der Waals surface area contributed by atoms with Crippen molar-refractivity contribution in [3.63, 3.8) is 0 Å². The maximum Gasteiger partial charge on any atom is 0.270 e. The molecule has 17 heteroatoms. The number of hydrogen-bond donors (Lipinski definition) is 2. The Morgan fingerprint density at radius 3 is 2.46 bits per heavy atom. The van der Waals surface area contributed by atoms with Crippen LogP contribution in [0.5, 0.6) is 0 Å². The molecular formula is C31H25ClF6N6O3S. The van der Waals surface area contributed by atoms with Crippen LogP contribution in [0.15, 0.2) is 47.3 Å². The van der Waals surface area contributed by atoms with Crippen LogP contribution in [-0.2, 0) is 35.5 Å². The summed E-state index contributed by atoms with van der Waals surface area (Å²) in [4.78, 5) is 19.0. The number of fused-ring (bicyclic) bond motifs is 6. The highest BCUT2D eigenvalue weighted by Crippen LogP contribution is 2.41. The molecule has 3 heterocycles. The monoisotopic (exact) mass is 710 g/mol. The highest BCUT2D eigenvalue weighted by atomic mass is 35.5. The Balaban J connectivity index is 1.54. The van der Waals surface area contributed by atoms with E-state index < -0.39 is 63.0 Å². The Labute approximate surface area is 273 Å². The maximum atomic E-state index is 14.4. The van der Waals surface area contributed by atoms with Crippen LogP contribution in [0, 0.1) is 11.6 Å². The van der Waals surface area contributed by atoms with E-state index >= 15 is 0 Å². The van der Waals surface area contributed by atoms with Gasteiger partial charge in [0, 0.05) is 25.1 Å². The summed E-state index contributed by atoms with van der Waals surface area (Å²) in [5.41, 5.74) is -0.924. The second-order valence-electron chi connectivity index (χ2n) is 12.0. The predicted molar refractivity (Wildman–Crippen MR) is 166 cm³/mol. The Bertz CT molecular complexity index is 2280. The number of sulfonamides is 1. The number of nitrogens with one attached hydrogen (secondary N) is 2. The van der Waals surface area contributed by atoms with Gasteiger partial charge in [0.25, 0.3) is 17.9 Å². The van der Waals surface area contributed by atoms with E-state index in [0.717, 1.165) is 33.5 Å². The highest BCUT2D eigenvalue weighted by molar-refractivity contribution is 7.93. The van der Waals surface area contributed by atoms with Gasteiger partial charge in [-0.3, -0.25) is 18.8 Å². The normalized spacial score (nSPS) is 16.7. The van der Waals surface area contributed by atoms with E-state index in [2.05, 4.69) is 20.1 Å². The van der Waals surface area contributed by atoms with Crippen LogP contribution in [0.2, 0.25) is 5.02 Å². The molecule has 7 rings (SSSR count). The molecule has 0 unspecified atom stereocenters. The third-order valence-corrected chi connectivity index (χ3v) is 10.5. The van der Waals surface area contributed by atoms with Crippen molar-refractivity contribution in [1.82, 2.24) is 24.6 Å². The summed E-state index contributed by atoms with van der Waals surface area (Å²) in [6.07, 6.45) is -2.29. The minimum absolute atomic E-state index is 0.000796. The molecule has 1 saturated carbocycles. The number of benzene rings is 3. The molecule has 0 amide bonds. The van der Waals surface area contributed by atoms with Gasteiger partial charge in [-0.25, -0.2) is 39.7 Å². The molecule has 252 valence electrons. The zero-order chi connectivity index (χ0) is 34.3. The number of rotatable bonds is 8. The van der Waals surface area contributed by atoms with Crippen LogP contribution >= 0.6 is 11.6 Å². The van der Waals surface area contributed by atoms with Crippen LogP contribution in [0.1, 0.15) is 48.3 Å². The summed E-state index contributed by atoms with van der Waals surface area (Å²) in [6.45, 7) is -0.398. The molecule has 1 atom stereocenters. The Hall–Kier alpha value is -4.15. The first-order valence-electron chi connectivity index (χ1n) is 14.8. The van der Waals surface area contributed by atoms with Gasteiger partial charge in [0.05, 0.1) is 43.8 Å². The minimum Gasteiger partial charge on any atom is -0.303 e. The molecule has 2 aromatic heterocycles. The number of nitrogens with zero attached hydrogens (tertiary/aromatic N) is 4. The summed E-state index contributed by atoms with van der Waals surface area (Å²) in [7, 11) is -3.94. The number of hydrogen-bond acceptors (Lipinski definition) is 6. The molecule has 2 N–H and O–H groups in total. The molecule has 0 bridgehead atoms. The van der Waals surface area contributed by atoms with Crippen molar-refractivity contribution >= 4 is 49.2 Å². The fourth-order valence-corrected chi connectivity index (χ4v) is 7.71. The van der Waals surface area contributed by atoms with Crippen LogP contribution in [-0.4, -0.2) is 39.4 Å². The third kappa shape index (κ3) is 5.79. The quantitative estimate of drug-likeness (QED) is 0.182. The van der Waals surface area contributed by atoms with Crippen molar-refractivity contribution in [2.75, 3.05) is 4.72 Å². The van der Waals surface area contributed by atoms with E-state index in [1.807, 2.05) is 0 Å². The van der Waals surface area contributed by atoms with Gasteiger partial charge in [-0.05, 0) is 60.7 Å². The average Bonchev–Trinajstić information content (AvgIpc) is 3.80. The lowest BCUT2D eigenvalue weighted by Crippen LogP contribution is -2.30. The molecule has 3 aromatic carbocycles. The van der Waals surface area contributed by atoms with E-state index in [1.54, 1.807) is 0 Å². The molecule has 48 heavy (non-hydrogen) atoms. The van der Waals surface area contributed by atoms with Crippen molar-refractivity contribution in [1.29, 1.82) is 0 Å². The minimum atomic E-state index is -3.94. The van der Waals surface area contributed by atoms with Crippen LogP contribution in [0.4, 0.5) is 32.2 Å². The second-order valence-corrected chi connectivity index (χ2v) is 14.4. The van der Waals surface area contributed by atoms with Gasteiger partial charge >= 0.3 is 0 Å². The van der Waals surface area contributed by atoms with E-state index in [1.165, 1.54) is 12.1 Å². The van der Waals surface area contributed by atoms with E-state index in [0.29, 0.717) is 31.4 Å². The standard InChI is InChI=1S/C31H25ClF6N6O3S/c1-31(37,38)16-2-5-20-22(10-16)40-29-23(8-14-6-17(33)11-18(34)7-14)39-12-15-9-21(32)25-27(26(15)44(29)30(20)45)43(13-24(35)36)41-28(25)42-48(46,47)19-3-4-19/h2,5-7,9-11,19,23-24,39H,3-4,8,12-13H2,1H3,(H,41,42)/t23-/m0/s1. The van der Waals surface area contributed by atoms with Gasteiger partial charge < -0.3 is 5.32 Å². The number of alkyl halides is 4. The summed E-state index contributed by atoms with van der Waals surface area (Å²) in [5, 5.41) is 6.46. The predicted octanol–water partition coefficient (Wildman–Crippen LogP) is 6.33. The zero-order valence-corrected chi connectivity index (χ0v) is 26.4. The molecule has 9 nitrogen and oxygen atoms in total. The molecule has 0 spiro atoms. The first-order valence-corrected chi connectivity index (χ1v) is 16.7. The van der Waals surface area contributed by atoms with Gasteiger partial charge in [0.1, 0.15) is 24.0 Å². The van der Waals surface area contributed by atoms with Crippen LogP contribution in [0.3, 0.4) is 0 Å². The van der Waals surface area contributed by atoms with Crippen molar-refractivity contribution in [2.45, 2.75) is 62.9 Å². The zero-order valence-electron chi connectivity index (χ0n) is 24.9. The molecule has 2 aliphatic rings. The van der Waals surface area contributed by atoms with Crippen molar-refractivity contribution in [3.05, 3.63) is 92.0 Å². The summed E-state index contributed by atoms with van der Waals surface area (Å²) in [5.74, 6) is -5.39. The van der Waals surface area contributed by atoms with E-state index in [-0.39, 0.29) is 62.7 Å². The van der Waals surface area contributed by atoms with Crippen LogP contribution < -0.4 is 15.6 Å². The summed E-state index contributed by atoms with van der Waals surface area (Å²) >= 11 is 6.69.